The summed E-state index contributed by atoms with van der Waals surface area (Å²) in [6, 6.07) is 6.47. The molecule has 2 aromatic rings. The second-order valence-electron chi connectivity index (χ2n) is 3.35. The molecule has 1 aromatic heterocycles. The molecule has 0 bridgehead atoms. The predicted molar refractivity (Wildman–Crippen MR) is 58.6 cm³/mol. The van der Waals surface area contributed by atoms with Crippen molar-refractivity contribution in [2.24, 2.45) is 5.73 Å². The Labute approximate surface area is 101 Å². The molecule has 0 aliphatic rings. The van der Waals surface area contributed by atoms with Crippen LogP contribution in [-0.2, 0) is 9.53 Å². The van der Waals surface area contributed by atoms with Gasteiger partial charge in [0.2, 0.25) is 0 Å². The van der Waals surface area contributed by atoms with E-state index in [0.29, 0.717) is 5.69 Å². The molecule has 92 valence electrons. The molecule has 0 spiro atoms. The largest absolute Gasteiger partial charge is 0.452 e. The van der Waals surface area contributed by atoms with E-state index >= 15 is 0 Å². The summed E-state index contributed by atoms with van der Waals surface area (Å²) in [5.74, 6) is -1.34. The third-order valence-corrected chi connectivity index (χ3v) is 2.04. The van der Waals surface area contributed by atoms with Crippen molar-refractivity contribution in [3.05, 3.63) is 36.2 Å². The van der Waals surface area contributed by atoms with E-state index in [-0.39, 0.29) is 5.56 Å². The molecule has 1 amide bonds. The van der Waals surface area contributed by atoms with Crippen LogP contribution in [0.15, 0.2) is 30.6 Å². The maximum atomic E-state index is 11.6. The smallest absolute Gasteiger partial charge is 0.338 e. The summed E-state index contributed by atoms with van der Waals surface area (Å²) in [4.78, 5) is 22.1. The summed E-state index contributed by atoms with van der Waals surface area (Å²) in [6.07, 6.45) is 1.40. The normalized spacial score (nSPS) is 10.0. The van der Waals surface area contributed by atoms with Crippen molar-refractivity contribution in [3.8, 4) is 5.69 Å². The number of tetrazole rings is 1. The standard InChI is InChI=1S/C10H9N5O3/c11-9(16)5-18-10(17)7-2-1-3-8(4-7)15-6-12-13-14-15/h1-4,6H,5H2,(H2,11,16). The van der Waals surface area contributed by atoms with Crippen LogP contribution in [0.3, 0.4) is 0 Å². The van der Waals surface area contributed by atoms with Crippen molar-refractivity contribution in [2.75, 3.05) is 6.61 Å². The van der Waals surface area contributed by atoms with Crippen LogP contribution in [0, 0.1) is 0 Å². The van der Waals surface area contributed by atoms with Gasteiger partial charge in [-0.1, -0.05) is 6.07 Å². The van der Waals surface area contributed by atoms with E-state index in [2.05, 4.69) is 20.3 Å². The Hall–Kier alpha value is -2.77. The van der Waals surface area contributed by atoms with Crippen LogP contribution in [0.25, 0.3) is 5.69 Å². The number of primary amides is 1. The van der Waals surface area contributed by atoms with Crippen LogP contribution in [0.5, 0.6) is 0 Å². The number of esters is 1. The highest BCUT2D eigenvalue weighted by molar-refractivity contribution is 5.91. The van der Waals surface area contributed by atoms with Crippen LogP contribution in [0.4, 0.5) is 0 Å². The molecule has 8 nitrogen and oxygen atoms in total. The highest BCUT2D eigenvalue weighted by Gasteiger charge is 2.10. The molecule has 0 unspecified atom stereocenters. The van der Waals surface area contributed by atoms with E-state index in [1.54, 1.807) is 24.3 Å². The highest BCUT2D eigenvalue weighted by atomic mass is 16.5. The summed E-state index contributed by atoms with van der Waals surface area (Å²) in [6.45, 7) is -0.450. The monoisotopic (exact) mass is 247 g/mol. The fourth-order valence-corrected chi connectivity index (χ4v) is 1.27. The lowest BCUT2D eigenvalue weighted by Crippen LogP contribution is -2.21. The number of hydrogen-bond donors (Lipinski definition) is 1. The quantitative estimate of drug-likeness (QED) is 0.715. The molecule has 1 aromatic carbocycles. The first-order chi connectivity index (χ1) is 8.66. The minimum absolute atomic E-state index is 0.282. The van der Waals surface area contributed by atoms with Gasteiger partial charge in [0, 0.05) is 0 Å². The number of aromatic nitrogens is 4. The number of benzene rings is 1. The summed E-state index contributed by atoms with van der Waals surface area (Å²) in [5, 5.41) is 10.7. The van der Waals surface area contributed by atoms with E-state index in [0.717, 1.165) is 0 Å². The van der Waals surface area contributed by atoms with E-state index in [9.17, 15) is 9.59 Å². The third kappa shape index (κ3) is 2.67. The Morgan fingerprint density at radius 1 is 1.39 bits per heavy atom. The lowest BCUT2D eigenvalue weighted by atomic mass is 10.2. The molecule has 0 fully saturated rings. The number of carbonyl (C=O) groups excluding carboxylic acids is 2. The highest BCUT2D eigenvalue weighted by Crippen LogP contribution is 2.09. The van der Waals surface area contributed by atoms with Gasteiger partial charge in [0.05, 0.1) is 11.3 Å². The van der Waals surface area contributed by atoms with E-state index in [4.69, 9.17) is 5.73 Å². The van der Waals surface area contributed by atoms with Crippen molar-refractivity contribution >= 4 is 11.9 Å². The molecule has 0 radical (unpaired) electrons. The van der Waals surface area contributed by atoms with Gasteiger partial charge in [-0.3, -0.25) is 4.79 Å². The number of carbonyl (C=O) groups is 2. The zero-order chi connectivity index (χ0) is 13.0. The molecule has 0 atom stereocenters. The van der Waals surface area contributed by atoms with Crippen molar-refractivity contribution in [1.82, 2.24) is 20.2 Å². The number of ether oxygens (including phenoxy) is 1. The maximum Gasteiger partial charge on any atom is 0.338 e. The Bertz CT molecular complexity index is 567. The maximum absolute atomic E-state index is 11.6. The molecular weight excluding hydrogens is 238 g/mol. The average molecular weight is 247 g/mol. The van der Waals surface area contributed by atoms with Gasteiger partial charge in [-0.25, -0.2) is 9.48 Å². The zero-order valence-electron chi connectivity index (χ0n) is 9.18. The van der Waals surface area contributed by atoms with Crippen LogP contribution in [0.2, 0.25) is 0 Å². The first-order valence-electron chi connectivity index (χ1n) is 4.95. The first kappa shape index (κ1) is 11.7. The molecule has 18 heavy (non-hydrogen) atoms. The first-order valence-corrected chi connectivity index (χ1v) is 4.95. The van der Waals surface area contributed by atoms with Gasteiger partial charge in [0.1, 0.15) is 6.33 Å². The minimum Gasteiger partial charge on any atom is -0.452 e. The van der Waals surface area contributed by atoms with Crippen LogP contribution >= 0.6 is 0 Å². The van der Waals surface area contributed by atoms with Gasteiger partial charge < -0.3 is 10.5 Å². The van der Waals surface area contributed by atoms with Gasteiger partial charge in [0.25, 0.3) is 5.91 Å². The zero-order valence-corrected chi connectivity index (χ0v) is 9.18. The number of nitrogens with zero attached hydrogens (tertiary/aromatic N) is 4. The summed E-state index contributed by atoms with van der Waals surface area (Å²) in [5.41, 5.74) is 5.77. The molecule has 0 saturated carbocycles. The average Bonchev–Trinajstić information content (AvgIpc) is 2.90. The minimum atomic E-state index is -0.708. The van der Waals surface area contributed by atoms with Crippen LogP contribution < -0.4 is 5.73 Å². The van der Waals surface area contributed by atoms with Crippen molar-refractivity contribution < 1.29 is 14.3 Å². The Balaban J connectivity index is 2.17. The molecule has 0 aliphatic heterocycles. The molecule has 1 heterocycles. The van der Waals surface area contributed by atoms with Gasteiger partial charge in [-0.2, -0.15) is 0 Å². The lowest BCUT2D eigenvalue weighted by molar-refractivity contribution is -0.121. The number of rotatable bonds is 4. The number of amides is 1. The van der Waals surface area contributed by atoms with Gasteiger partial charge >= 0.3 is 5.97 Å². The van der Waals surface area contributed by atoms with Crippen molar-refractivity contribution in [1.29, 1.82) is 0 Å². The molecular formula is C10H9N5O3. The van der Waals surface area contributed by atoms with Gasteiger partial charge in [0.15, 0.2) is 6.61 Å². The lowest BCUT2D eigenvalue weighted by Gasteiger charge is -2.04. The van der Waals surface area contributed by atoms with Crippen LogP contribution in [-0.4, -0.2) is 38.7 Å². The summed E-state index contributed by atoms with van der Waals surface area (Å²) >= 11 is 0. The molecule has 8 heteroatoms. The van der Waals surface area contributed by atoms with Crippen molar-refractivity contribution in [3.63, 3.8) is 0 Å². The molecule has 2 N–H and O–H groups in total. The Kier molecular flexibility index (Phi) is 3.28. The van der Waals surface area contributed by atoms with Crippen molar-refractivity contribution in [2.45, 2.75) is 0 Å². The fourth-order valence-electron chi connectivity index (χ4n) is 1.27. The topological polar surface area (TPSA) is 113 Å². The Morgan fingerprint density at radius 2 is 2.22 bits per heavy atom. The summed E-state index contributed by atoms with van der Waals surface area (Å²) < 4.78 is 6.08. The SMILES string of the molecule is NC(=O)COC(=O)c1cccc(-n2cnnn2)c1. The Morgan fingerprint density at radius 3 is 2.89 bits per heavy atom. The number of nitrogens with two attached hydrogens (primary N) is 1. The van der Waals surface area contributed by atoms with E-state index in [1.165, 1.54) is 11.0 Å². The molecule has 0 aliphatic carbocycles. The predicted octanol–water partition coefficient (Wildman–Crippen LogP) is -0.696. The fraction of sp³-hybridized carbons (Fsp3) is 0.100. The van der Waals surface area contributed by atoms with Gasteiger partial charge in [-0.15, -0.1) is 5.10 Å². The van der Waals surface area contributed by atoms with Crippen LogP contribution in [0.1, 0.15) is 10.4 Å². The summed E-state index contributed by atoms with van der Waals surface area (Å²) in [7, 11) is 0. The number of hydrogen-bond acceptors (Lipinski definition) is 6. The van der Waals surface area contributed by atoms with Gasteiger partial charge in [-0.05, 0) is 28.6 Å². The second kappa shape index (κ2) is 5.04. The van der Waals surface area contributed by atoms with E-state index in [1.807, 2.05) is 0 Å². The second-order valence-corrected chi connectivity index (χ2v) is 3.35. The molecule has 0 saturated heterocycles. The molecule has 2 rings (SSSR count). The van der Waals surface area contributed by atoms with E-state index < -0.39 is 18.5 Å². The third-order valence-electron chi connectivity index (χ3n) is 2.04.